The second-order valence-electron chi connectivity index (χ2n) is 9.85. The SMILES string of the molecule is COc1cc(OC)c2c(c1Cl)OC1(C(=O)C=C(Nc3ccc4c(c3)nc3n4CCN(C)C3)CC1C)C2=O. The molecule has 0 fully saturated rings. The van der Waals surface area contributed by atoms with Gasteiger partial charge in [0.1, 0.15) is 27.9 Å². The number of imidazole rings is 1. The van der Waals surface area contributed by atoms with Crippen LogP contribution in [-0.4, -0.2) is 59.4 Å². The number of Topliss-reactive ketones (excluding diaryl/α,β-unsaturated/α-hetero) is 1. The number of fused-ring (bicyclic) bond motifs is 4. The van der Waals surface area contributed by atoms with Crippen LogP contribution in [0.1, 0.15) is 29.5 Å². The van der Waals surface area contributed by atoms with Gasteiger partial charge in [0.25, 0.3) is 0 Å². The average Bonchev–Trinajstić information content (AvgIpc) is 3.38. The van der Waals surface area contributed by atoms with E-state index in [2.05, 4.69) is 27.9 Å². The fourth-order valence-corrected chi connectivity index (χ4v) is 5.89. The van der Waals surface area contributed by atoms with E-state index in [0.29, 0.717) is 17.9 Å². The predicted octanol–water partition coefficient (Wildman–Crippen LogP) is 4.07. The molecule has 1 aromatic heterocycles. The van der Waals surface area contributed by atoms with Gasteiger partial charge in [-0.1, -0.05) is 18.5 Å². The number of halogens is 1. The molecule has 1 N–H and O–H groups in total. The highest BCUT2D eigenvalue weighted by Crippen LogP contribution is 2.53. The topological polar surface area (TPSA) is 94.9 Å². The summed E-state index contributed by atoms with van der Waals surface area (Å²) in [7, 11) is 5.00. The maximum Gasteiger partial charge on any atom is 0.236 e. The number of hydrogen-bond acceptors (Lipinski definition) is 8. The molecule has 192 valence electrons. The van der Waals surface area contributed by atoms with Crippen LogP contribution in [0.3, 0.4) is 0 Å². The third-order valence-corrected chi connectivity index (χ3v) is 7.92. The lowest BCUT2D eigenvalue weighted by Gasteiger charge is -2.35. The number of likely N-dealkylation sites (N-methyl/N-ethyl adjacent to an activating group) is 1. The number of hydrogen-bond donors (Lipinski definition) is 1. The van der Waals surface area contributed by atoms with E-state index in [0.717, 1.165) is 42.2 Å². The normalized spacial score (nSPS) is 23.1. The van der Waals surface area contributed by atoms with Gasteiger partial charge in [0.2, 0.25) is 17.2 Å². The minimum atomic E-state index is -1.70. The van der Waals surface area contributed by atoms with E-state index in [1.54, 1.807) is 0 Å². The quantitative estimate of drug-likeness (QED) is 0.512. The van der Waals surface area contributed by atoms with E-state index < -0.39 is 23.1 Å². The minimum absolute atomic E-state index is 0.118. The molecule has 3 aliphatic rings. The second-order valence-corrected chi connectivity index (χ2v) is 10.2. The summed E-state index contributed by atoms with van der Waals surface area (Å²) >= 11 is 6.47. The summed E-state index contributed by atoms with van der Waals surface area (Å²) in [5.41, 5.74) is 2.00. The molecular weight excluding hydrogens is 496 g/mol. The van der Waals surface area contributed by atoms with Crippen molar-refractivity contribution in [2.24, 2.45) is 5.92 Å². The Labute approximate surface area is 218 Å². The number of nitrogens with zero attached hydrogens (tertiary/aromatic N) is 3. The number of nitrogens with one attached hydrogen (secondary N) is 1. The molecule has 2 aliphatic heterocycles. The van der Waals surface area contributed by atoms with Crippen molar-refractivity contribution in [2.45, 2.75) is 32.0 Å². The molecule has 1 spiro atoms. The van der Waals surface area contributed by atoms with Gasteiger partial charge in [-0.3, -0.25) is 14.5 Å². The lowest BCUT2D eigenvalue weighted by atomic mass is 9.74. The van der Waals surface area contributed by atoms with E-state index in [-0.39, 0.29) is 22.1 Å². The first-order valence-corrected chi connectivity index (χ1v) is 12.5. The minimum Gasteiger partial charge on any atom is -0.496 e. The predicted molar refractivity (Wildman–Crippen MR) is 139 cm³/mol. The molecule has 0 bridgehead atoms. The van der Waals surface area contributed by atoms with Crippen LogP contribution in [0.25, 0.3) is 11.0 Å². The number of benzene rings is 2. The van der Waals surface area contributed by atoms with Crippen LogP contribution >= 0.6 is 11.6 Å². The first-order valence-electron chi connectivity index (χ1n) is 12.1. The van der Waals surface area contributed by atoms with Crippen molar-refractivity contribution in [1.29, 1.82) is 0 Å². The fourth-order valence-electron chi connectivity index (χ4n) is 5.62. The molecule has 2 unspecified atom stereocenters. The van der Waals surface area contributed by atoms with E-state index in [1.807, 2.05) is 19.1 Å². The summed E-state index contributed by atoms with van der Waals surface area (Å²) in [6, 6.07) is 7.56. The molecule has 0 amide bonds. The molecule has 0 saturated heterocycles. The molecule has 2 aromatic carbocycles. The summed E-state index contributed by atoms with van der Waals surface area (Å²) in [5.74, 6) is 0.379. The number of methoxy groups -OCH3 is 2. The highest BCUT2D eigenvalue weighted by atomic mass is 35.5. The Morgan fingerprint density at radius 3 is 2.68 bits per heavy atom. The number of allylic oxidation sites excluding steroid dienone is 1. The molecule has 6 rings (SSSR count). The standard InChI is InChI=1S/C27H27ClN4O5/c1-14-9-16(29-15-5-6-18-17(10-15)30-22-13-31(2)7-8-32(18)22)11-21(33)27(14)26(34)23-19(35-3)12-20(36-4)24(28)25(23)37-27/h5-6,10-12,14,29H,7-9,13H2,1-4H3. The van der Waals surface area contributed by atoms with E-state index in [9.17, 15) is 9.59 Å². The van der Waals surface area contributed by atoms with Crippen LogP contribution in [0.2, 0.25) is 5.02 Å². The third-order valence-electron chi connectivity index (χ3n) is 7.56. The second kappa shape index (κ2) is 8.49. The van der Waals surface area contributed by atoms with Crippen LogP contribution < -0.4 is 19.5 Å². The van der Waals surface area contributed by atoms with Gasteiger partial charge >= 0.3 is 0 Å². The molecule has 1 aliphatic carbocycles. The van der Waals surface area contributed by atoms with Gasteiger partial charge in [0.05, 0.1) is 31.8 Å². The number of carbonyl (C=O) groups excluding carboxylic acids is 2. The summed E-state index contributed by atoms with van der Waals surface area (Å²) in [6.45, 7) is 4.54. The summed E-state index contributed by atoms with van der Waals surface area (Å²) in [4.78, 5) is 34.3. The average molecular weight is 523 g/mol. The van der Waals surface area contributed by atoms with Crippen molar-refractivity contribution < 1.29 is 23.8 Å². The maximum atomic E-state index is 13.7. The largest absolute Gasteiger partial charge is 0.496 e. The monoisotopic (exact) mass is 522 g/mol. The molecule has 3 aromatic rings. The number of anilines is 1. The van der Waals surface area contributed by atoms with Crippen molar-refractivity contribution >= 4 is 39.9 Å². The highest BCUT2D eigenvalue weighted by molar-refractivity contribution is 6.36. The van der Waals surface area contributed by atoms with Crippen molar-refractivity contribution in [2.75, 3.05) is 33.1 Å². The molecule has 9 nitrogen and oxygen atoms in total. The molecule has 0 radical (unpaired) electrons. The number of aromatic nitrogens is 2. The highest BCUT2D eigenvalue weighted by Gasteiger charge is 2.60. The molecule has 3 heterocycles. The van der Waals surface area contributed by atoms with E-state index in [1.165, 1.54) is 26.4 Å². The lowest BCUT2D eigenvalue weighted by molar-refractivity contribution is -0.129. The van der Waals surface area contributed by atoms with Gasteiger partial charge < -0.3 is 24.1 Å². The number of ketones is 2. The smallest absolute Gasteiger partial charge is 0.236 e. The maximum absolute atomic E-state index is 13.7. The van der Waals surface area contributed by atoms with Gasteiger partial charge in [0.15, 0.2) is 5.75 Å². The zero-order valence-corrected chi connectivity index (χ0v) is 21.8. The van der Waals surface area contributed by atoms with Crippen LogP contribution in [0.4, 0.5) is 5.69 Å². The first-order chi connectivity index (χ1) is 17.8. The Morgan fingerprint density at radius 2 is 1.95 bits per heavy atom. The number of ether oxygens (including phenoxy) is 3. The van der Waals surface area contributed by atoms with Crippen molar-refractivity contribution in [1.82, 2.24) is 14.5 Å². The van der Waals surface area contributed by atoms with Gasteiger partial charge in [-0.2, -0.15) is 0 Å². The van der Waals surface area contributed by atoms with Gasteiger partial charge in [-0.15, -0.1) is 0 Å². The zero-order valence-electron chi connectivity index (χ0n) is 21.1. The number of carbonyl (C=O) groups is 2. The van der Waals surface area contributed by atoms with Crippen molar-refractivity contribution in [3.05, 3.63) is 52.4 Å². The van der Waals surface area contributed by atoms with Crippen LogP contribution in [0.15, 0.2) is 36.0 Å². The zero-order chi connectivity index (χ0) is 26.1. The fraction of sp³-hybridized carbons (Fsp3) is 0.370. The van der Waals surface area contributed by atoms with E-state index >= 15 is 0 Å². The Kier molecular flexibility index (Phi) is 5.47. The van der Waals surface area contributed by atoms with E-state index in [4.69, 9.17) is 30.8 Å². The lowest BCUT2D eigenvalue weighted by Crippen LogP contribution is -2.55. The Morgan fingerprint density at radius 1 is 1.16 bits per heavy atom. The van der Waals surface area contributed by atoms with Crippen molar-refractivity contribution in [3.8, 4) is 17.2 Å². The van der Waals surface area contributed by atoms with Crippen LogP contribution in [0.5, 0.6) is 17.2 Å². The Bertz CT molecular complexity index is 1510. The third kappa shape index (κ3) is 3.44. The van der Waals surface area contributed by atoms with Crippen LogP contribution in [-0.2, 0) is 17.9 Å². The van der Waals surface area contributed by atoms with Crippen molar-refractivity contribution in [3.63, 3.8) is 0 Å². The number of rotatable bonds is 4. The first kappa shape index (κ1) is 23.8. The Balaban J connectivity index is 1.31. The van der Waals surface area contributed by atoms with Gasteiger partial charge in [0, 0.05) is 42.5 Å². The van der Waals surface area contributed by atoms with Gasteiger partial charge in [-0.05, 0) is 31.7 Å². The molecular formula is C27H27ClN4O5. The summed E-state index contributed by atoms with van der Waals surface area (Å²) in [5, 5.41) is 3.50. The molecule has 2 atom stereocenters. The van der Waals surface area contributed by atoms with Crippen LogP contribution in [0, 0.1) is 5.92 Å². The Hall–Kier alpha value is -3.56. The summed E-state index contributed by atoms with van der Waals surface area (Å²) in [6.07, 6.45) is 1.88. The summed E-state index contributed by atoms with van der Waals surface area (Å²) < 4.78 is 19.1. The molecule has 37 heavy (non-hydrogen) atoms. The molecule has 10 heteroatoms. The molecule has 0 saturated carbocycles. The van der Waals surface area contributed by atoms with Gasteiger partial charge in [-0.25, -0.2) is 4.98 Å².